The molecule has 0 aliphatic carbocycles. The molecule has 0 saturated carbocycles. The van der Waals surface area contributed by atoms with E-state index in [0.717, 1.165) is 37.5 Å². The third-order valence-electron chi connectivity index (χ3n) is 3.56. The fourth-order valence-corrected chi connectivity index (χ4v) is 3.38. The van der Waals surface area contributed by atoms with Gasteiger partial charge < -0.3 is 10.2 Å². The van der Waals surface area contributed by atoms with Crippen LogP contribution in [0.3, 0.4) is 0 Å². The molecule has 6 nitrogen and oxygen atoms in total. The molecule has 1 aromatic rings. The average Bonchev–Trinajstić information content (AvgIpc) is 3.12. The number of carbonyl (C=O) groups is 2. The zero-order chi connectivity index (χ0) is 13.9. The van der Waals surface area contributed by atoms with Crippen LogP contribution in [0.25, 0.3) is 0 Å². The summed E-state index contributed by atoms with van der Waals surface area (Å²) in [6, 6.07) is 1.32. The second kappa shape index (κ2) is 5.78. The molecule has 106 valence electrons. The maximum atomic E-state index is 12.1. The summed E-state index contributed by atoms with van der Waals surface area (Å²) >= 11 is 1.27. The Bertz CT molecular complexity index is 531. The van der Waals surface area contributed by atoms with Gasteiger partial charge in [-0.15, -0.1) is 0 Å². The summed E-state index contributed by atoms with van der Waals surface area (Å²) in [5.41, 5.74) is 0.326. The van der Waals surface area contributed by atoms with Gasteiger partial charge in [0, 0.05) is 24.9 Å². The van der Waals surface area contributed by atoms with Crippen molar-refractivity contribution in [3.8, 4) is 0 Å². The van der Waals surface area contributed by atoms with Gasteiger partial charge >= 0.3 is 0 Å². The first-order valence-corrected chi connectivity index (χ1v) is 7.77. The highest BCUT2D eigenvalue weighted by Crippen LogP contribution is 2.20. The average molecular weight is 292 g/mol. The summed E-state index contributed by atoms with van der Waals surface area (Å²) in [5.74, 6) is 1.26. The Kier molecular flexibility index (Phi) is 3.86. The minimum absolute atomic E-state index is 0.0344. The first kappa shape index (κ1) is 13.4. The van der Waals surface area contributed by atoms with E-state index < -0.39 is 0 Å². The molecule has 2 fully saturated rings. The molecule has 0 bridgehead atoms. The van der Waals surface area contributed by atoms with E-state index in [4.69, 9.17) is 0 Å². The van der Waals surface area contributed by atoms with Crippen LogP contribution in [-0.2, 0) is 4.79 Å². The SMILES string of the molecule is O=C(NC1CCSC1=O)c1cc(N2CCCC2)ncn1. The minimum atomic E-state index is -0.377. The summed E-state index contributed by atoms with van der Waals surface area (Å²) in [7, 11) is 0. The van der Waals surface area contributed by atoms with E-state index in [1.807, 2.05) is 0 Å². The lowest BCUT2D eigenvalue weighted by atomic mass is 10.2. The van der Waals surface area contributed by atoms with Gasteiger partial charge in [-0.3, -0.25) is 9.59 Å². The predicted molar refractivity (Wildman–Crippen MR) is 76.8 cm³/mol. The topological polar surface area (TPSA) is 75.2 Å². The van der Waals surface area contributed by atoms with Crippen molar-refractivity contribution in [1.29, 1.82) is 0 Å². The molecule has 1 amide bonds. The number of nitrogens with one attached hydrogen (secondary N) is 1. The number of anilines is 1. The van der Waals surface area contributed by atoms with E-state index in [1.54, 1.807) is 6.07 Å². The Balaban J connectivity index is 1.71. The first-order valence-electron chi connectivity index (χ1n) is 6.78. The molecule has 0 radical (unpaired) electrons. The van der Waals surface area contributed by atoms with Gasteiger partial charge in [-0.1, -0.05) is 11.8 Å². The maximum Gasteiger partial charge on any atom is 0.270 e. The zero-order valence-electron chi connectivity index (χ0n) is 11.0. The Morgan fingerprint density at radius 3 is 2.85 bits per heavy atom. The molecule has 3 rings (SSSR count). The number of thioether (sulfide) groups is 1. The van der Waals surface area contributed by atoms with E-state index in [0.29, 0.717) is 12.1 Å². The van der Waals surface area contributed by atoms with Crippen molar-refractivity contribution in [2.75, 3.05) is 23.7 Å². The normalized spacial score (nSPS) is 22.3. The molecule has 1 atom stereocenters. The number of amides is 1. The van der Waals surface area contributed by atoms with E-state index in [2.05, 4.69) is 20.2 Å². The van der Waals surface area contributed by atoms with E-state index in [1.165, 1.54) is 18.1 Å². The van der Waals surface area contributed by atoms with Crippen molar-refractivity contribution >= 4 is 28.6 Å². The highest BCUT2D eigenvalue weighted by Gasteiger charge is 2.27. The van der Waals surface area contributed by atoms with Crippen LogP contribution in [0.2, 0.25) is 0 Å². The van der Waals surface area contributed by atoms with Crippen molar-refractivity contribution < 1.29 is 9.59 Å². The maximum absolute atomic E-state index is 12.1. The van der Waals surface area contributed by atoms with Gasteiger partial charge in [0.05, 0.1) is 6.04 Å². The molecule has 2 saturated heterocycles. The van der Waals surface area contributed by atoms with Crippen LogP contribution in [0.4, 0.5) is 5.82 Å². The number of nitrogens with zero attached hydrogens (tertiary/aromatic N) is 3. The predicted octanol–water partition coefficient (Wildman–Crippen LogP) is 0.839. The number of hydrogen-bond donors (Lipinski definition) is 1. The largest absolute Gasteiger partial charge is 0.357 e. The quantitative estimate of drug-likeness (QED) is 0.890. The summed E-state index contributed by atoms with van der Waals surface area (Å²) < 4.78 is 0. The van der Waals surface area contributed by atoms with Crippen molar-refractivity contribution in [3.63, 3.8) is 0 Å². The van der Waals surface area contributed by atoms with Crippen LogP contribution in [0, 0.1) is 0 Å². The van der Waals surface area contributed by atoms with Gasteiger partial charge in [-0.25, -0.2) is 9.97 Å². The second-order valence-electron chi connectivity index (χ2n) is 4.94. The summed E-state index contributed by atoms with van der Waals surface area (Å²) in [4.78, 5) is 34.0. The number of aromatic nitrogens is 2. The summed E-state index contributed by atoms with van der Waals surface area (Å²) in [6.45, 7) is 1.94. The third kappa shape index (κ3) is 2.77. The van der Waals surface area contributed by atoms with Crippen molar-refractivity contribution in [2.24, 2.45) is 0 Å². The van der Waals surface area contributed by atoms with Crippen molar-refractivity contribution in [1.82, 2.24) is 15.3 Å². The minimum Gasteiger partial charge on any atom is -0.357 e. The number of hydrogen-bond acceptors (Lipinski definition) is 6. The first-order chi connectivity index (χ1) is 9.74. The highest BCUT2D eigenvalue weighted by atomic mass is 32.2. The molecule has 1 N–H and O–H groups in total. The van der Waals surface area contributed by atoms with Gasteiger partial charge in [-0.05, 0) is 19.3 Å². The lowest BCUT2D eigenvalue weighted by Gasteiger charge is -2.16. The van der Waals surface area contributed by atoms with Gasteiger partial charge in [0.15, 0.2) is 0 Å². The monoisotopic (exact) mass is 292 g/mol. The van der Waals surface area contributed by atoms with E-state index in [-0.39, 0.29) is 17.1 Å². The van der Waals surface area contributed by atoms with Crippen LogP contribution in [-0.4, -0.2) is 45.9 Å². The number of carbonyl (C=O) groups excluding carboxylic acids is 2. The van der Waals surface area contributed by atoms with E-state index >= 15 is 0 Å². The molecule has 0 aromatic carbocycles. The summed E-state index contributed by atoms with van der Waals surface area (Å²) in [5, 5.41) is 2.78. The Morgan fingerprint density at radius 1 is 1.35 bits per heavy atom. The molecule has 1 unspecified atom stereocenters. The molecule has 2 aliphatic rings. The van der Waals surface area contributed by atoms with Crippen LogP contribution >= 0.6 is 11.8 Å². The Hall–Kier alpha value is -1.63. The van der Waals surface area contributed by atoms with E-state index in [9.17, 15) is 9.59 Å². The standard InChI is InChI=1S/C13H16N4O2S/c18-12(16-9-3-6-20-13(9)19)10-7-11(15-8-14-10)17-4-1-2-5-17/h7-9H,1-6H2,(H,16,18). The van der Waals surface area contributed by atoms with Crippen molar-refractivity contribution in [2.45, 2.75) is 25.3 Å². The fourth-order valence-electron chi connectivity index (χ4n) is 2.45. The molecule has 1 aromatic heterocycles. The molecule has 7 heteroatoms. The fraction of sp³-hybridized carbons (Fsp3) is 0.538. The molecule has 2 aliphatic heterocycles. The van der Waals surface area contributed by atoms with Crippen LogP contribution in [0.15, 0.2) is 12.4 Å². The van der Waals surface area contributed by atoms with Crippen LogP contribution < -0.4 is 10.2 Å². The molecule has 3 heterocycles. The second-order valence-corrected chi connectivity index (χ2v) is 6.04. The van der Waals surface area contributed by atoms with Gasteiger partial charge in [0.2, 0.25) is 5.12 Å². The van der Waals surface area contributed by atoms with Gasteiger partial charge in [0.25, 0.3) is 5.91 Å². The van der Waals surface area contributed by atoms with Gasteiger partial charge in [0.1, 0.15) is 17.8 Å². The van der Waals surface area contributed by atoms with Crippen LogP contribution in [0.1, 0.15) is 29.8 Å². The van der Waals surface area contributed by atoms with Gasteiger partial charge in [-0.2, -0.15) is 0 Å². The Morgan fingerprint density at radius 2 is 2.15 bits per heavy atom. The van der Waals surface area contributed by atoms with Crippen LogP contribution in [0.5, 0.6) is 0 Å². The molecular formula is C13H16N4O2S. The molecule has 0 spiro atoms. The summed E-state index contributed by atoms with van der Waals surface area (Å²) in [6.07, 6.45) is 4.41. The molecule has 20 heavy (non-hydrogen) atoms. The highest BCUT2D eigenvalue weighted by molar-refractivity contribution is 8.14. The number of rotatable bonds is 3. The smallest absolute Gasteiger partial charge is 0.270 e. The lowest BCUT2D eigenvalue weighted by molar-refractivity contribution is -0.112. The zero-order valence-corrected chi connectivity index (χ0v) is 11.9. The third-order valence-corrected chi connectivity index (χ3v) is 4.56. The molecular weight excluding hydrogens is 276 g/mol. The Labute approximate surface area is 121 Å². The lowest BCUT2D eigenvalue weighted by Crippen LogP contribution is -2.37. The van der Waals surface area contributed by atoms with Crippen molar-refractivity contribution in [3.05, 3.63) is 18.1 Å².